The standard InChI is InChI=1S/C10H13N3O4S/c1-3-7-13(6(4-18-7)10(15)16)9(14)8-11-5(2)17-12-8/h6-7H,3-4H2,1-2H3,(H,15,16). The zero-order valence-electron chi connectivity index (χ0n) is 9.99. The maximum absolute atomic E-state index is 12.2. The Morgan fingerprint density at radius 3 is 2.83 bits per heavy atom. The fraction of sp³-hybridized carbons (Fsp3) is 0.600. The Bertz CT molecular complexity index is 475. The van der Waals surface area contributed by atoms with E-state index in [2.05, 4.69) is 10.1 Å². The highest BCUT2D eigenvalue weighted by Gasteiger charge is 2.42. The van der Waals surface area contributed by atoms with E-state index in [1.54, 1.807) is 6.92 Å². The first-order valence-corrected chi connectivity index (χ1v) is 6.56. The first-order valence-electron chi connectivity index (χ1n) is 5.52. The number of aromatic nitrogens is 2. The third-order valence-electron chi connectivity index (χ3n) is 2.68. The van der Waals surface area contributed by atoms with Gasteiger partial charge in [-0.25, -0.2) is 4.79 Å². The minimum atomic E-state index is -1.01. The molecule has 7 nitrogen and oxygen atoms in total. The third-order valence-corrected chi connectivity index (χ3v) is 4.13. The normalized spacial score (nSPS) is 23.3. The highest BCUT2D eigenvalue weighted by Crippen LogP contribution is 2.32. The zero-order valence-corrected chi connectivity index (χ0v) is 10.8. The van der Waals surface area contributed by atoms with E-state index in [1.165, 1.54) is 16.7 Å². The quantitative estimate of drug-likeness (QED) is 0.866. The first-order chi connectivity index (χ1) is 8.54. The summed E-state index contributed by atoms with van der Waals surface area (Å²) in [6.45, 7) is 3.48. The maximum atomic E-state index is 12.2. The Balaban J connectivity index is 2.27. The van der Waals surface area contributed by atoms with Gasteiger partial charge >= 0.3 is 5.97 Å². The molecule has 0 spiro atoms. The predicted molar refractivity (Wildman–Crippen MR) is 63.2 cm³/mol. The molecule has 1 saturated heterocycles. The van der Waals surface area contributed by atoms with Gasteiger partial charge in [-0.05, 0) is 6.42 Å². The van der Waals surface area contributed by atoms with Gasteiger partial charge in [0.2, 0.25) is 5.89 Å². The van der Waals surface area contributed by atoms with Crippen molar-refractivity contribution in [3.05, 3.63) is 11.7 Å². The molecule has 2 rings (SSSR count). The summed E-state index contributed by atoms with van der Waals surface area (Å²) in [6, 6.07) is -0.828. The minimum absolute atomic E-state index is 0.0836. The summed E-state index contributed by atoms with van der Waals surface area (Å²) in [5, 5.41) is 12.5. The number of carbonyl (C=O) groups is 2. The van der Waals surface area contributed by atoms with E-state index in [0.717, 1.165) is 0 Å². The molecule has 1 N–H and O–H groups in total. The van der Waals surface area contributed by atoms with Crippen LogP contribution in [0.4, 0.5) is 0 Å². The molecule has 1 amide bonds. The van der Waals surface area contributed by atoms with Gasteiger partial charge in [0.05, 0.1) is 5.37 Å². The van der Waals surface area contributed by atoms with Crippen LogP contribution in [0.25, 0.3) is 0 Å². The van der Waals surface area contributed by atoms with Crippen LogP contribution in [0, 0.1) is 6.92 Å². The number of carbonyl (C=O) groups excluding carboxylic acids is 1. The number of carboxylic acids is 1. The second-order valence-electron chi connectivity index (χ2n) is 3.90. The van der Waals surface area contributed by atoms with E-state index < -0.39 is 17.9 Å². The Morgan fingerprint density at radius 2 is 2.33 bits per heavy atom. The molecule has 2 unspecified atom stereocenters. The van der Waals surface area contributed by atoms with E-state index in [0.29, 0.717) is 12.2 Å². The van der Waals surface area contributed by atoms with Crippen LogP contribution in [0.2, 0.25) is 0 Å². The summed E-state index contributed by atoms with van der Waals surface area (Å²) in [5.74, 6) is -0.913. The average Bonchev–Trinajstić information content (AvgIpc) is 2.93. The number of carboxylic acid groups (broad SMARTS) is 1. The molecule has 1 aliphatic heterocycles. The summed E-state index contributed by atoms with van der Waals surface area (Å²) in [4.78, 5) is 28.5. The van der Waals surface area contributed by atoms with Gasteiger partial charge in [0.15, 0.2) is 0 Å². The lowest BCUT2D eigenvalue weighted by Crippen LogP contribution is -2.45. The van der Waals surface area contributed by atoms with E-state index in [4.69, 9.17) is 9.63 Å². The van der Waals surface area contributed by atoms with Crippen molar-refractivity contribution in [2.75, 3.05) is 5.75 Å². The van der Waals surface area contributed by atoms with Crippen LogP contribution in [0.1, 0.15) is 29.9 Å². The molecule has 2 atom stereocenters. The van der Waals surface area contributed by atoms with Crippen molar-refractivity contribution in [1.29, 1.82) is 0 Å². The first kappa shape index (κ1) is 12.9. The van der Waals surface area contributed by atoms with Crippen molar-refractivity contribution in [2.45, 2.75) is 31.7 Å². The van der Waals surface area contributed by atoms with E-state index in [9.17, 15) is 9.59 Å². The van der Waals surface area contributed by atoms with Gasteiger partial charge in [-0.1, -0.05) is 12.1 Å². The van der Waals surface area contributed by atoms with Crippen molar-refractivity contribution in [3.8, 4) is 0 Å². The van der Waals surface area contributed by atoms with Crippen molar-refractivity contribution in [2.24, 2.45) is 0 Å². The Morgan fingerprint density at radius 1 is 1.61 bits per heavy atom. The van der Waals surface area contributed by atoms with E-state index in [1.807, 2.05) is 6.92 Å². The number of amides is 1. The van der Waals surface area contributed by atoms with Crippen LogP contribution in [-0.2, 0) is 4.79 Å². The van der Waals surface area contributed by atoms with E-state index >= 15 is 0 Å². The van der Waals surface area contributed by atoms with Gasteiger partial charge in [0, 0.05) is 12.7 Å². The van der Waals surface area contributed by atoms with Crippen LogP contribution in [0.3, 0.4) is 0 Å². The number of aryl methyl sites for hydroxylation is 1. The number of thioether (sulfide) groups is 1. The van der Waals surface area contributed by atoms with Gasteiger partial charge in [-0.15, -0.1) is 11.8 Å². The van der Waals surface area contributed by atoms with Crippen LogP contribution in [-0.4, -0.2) is 49.2 Å². The lowest BCUT2D eigenvalue weighted by molar-refractivity contribution is -0.141. The van der Waals surface area contributed by atoms with Gasteiger partial charge in [0.25, 0.3) is 11.7 Å². The highest BCUT2D eigenvalue weighted by molar-refractivity contribution is 8.00. The molecule has 98 valence electrons. The molecular formula is C10H13N3O4S. The molecule has 18 heavy (non-hydrogen) atoms. The average molecular weight is 271 g/mol. The summed E-state index contributed by atoms with van der Waals surface area (Å²) in [7, 11) is 0. The number of nitrogens with zero attached hydrogens (tertiary/aromatic N) is 3. The molecular weight excluding hydrogens is 258 g/mol. The molecule has 0 aliphatic carbocycles. The zero-order chi connectivity index (χ0) is 13.3. The van der Waals surface area contributed by atoms with Crippen LogP contribution in [0.15, 0.2) is 4.52 Å². The van der Waals surface area contributed by atoms with Gasteiger partial charge < -0.3 is 14.5 Å². The Labute approximate surface area is 108 Å². The topological polar surface area (TPSA) is 96.5 Å². The molecule has 1 fully saturated rings. The molecule has 8 heteroatoms. The summed E-state index contributed by atoms with van der Waals surface area (Å²) >= 11 is 1.45. The molecule has 1 aliphatic rings. The van der Waals surface area contributed by atoms with Crippen molar-refractivity contribution >= 4 is 23.6 Å². The third kappa shape index (κ3) is 2.20. The Hall–Kier alpha value is -1.57. The molecule has 0 radical (unpaired) electrons. The molecule has 0 bridgehead atoms. The fourth-order valence-corrected chi connectivity index (χ4v) is 3.19. The van der Waals surface area contributed by atoms with Crippen LogP contribution >= 0.6 is 11.8 Å². The van der Waals surface area contributed by atoms with Crippen molar-refractivity contribution in [3.63, 3.8) is 0 Å². The minimum Gasteiger partial charge on any atom is -0.480 e. The van der Waals surface area contributed by atoms with Gasteiger partial charge in [-0.3, -0.25) is 4.79 Å². The Kier molecular flexibility index (Phi) is 3.55. The number of rotatable bonds is 3. The van der Waals surface area contributed by atoms with E-state index in [-0.39, 0.29) is 17.1 Å². The second kappa shape index (κ2) is 4.97. The molecule has 1 aromatic heterocycles. The molecule has 1 aromatic rings. The van der Waals surface area contributed by atoms with Gasteiger partial charge in [-0.2, -0.15) is 4.98 Å². The lowest BCUT2D eigenvalue weighted by atomic mass is 10.2. The molecule has 0 saturated carbocycles. The fourth-order valence-electron chi connectivity index (χ4n) is 1.84. The number of hydrogen-bond acceptors (Lipinski definition) is 6. The number of aliphatic carboxylic acids is 1. The second-order valence-corrected chi connectivity index (χ2v) is 5.11. The smallest absolute Gasteiger partial charge is 0.327 e. The van der Waals surface area contributed by atoms with Crippen molar-refractivity contribution < 1.29 is 19.2 Å². The summed E-state index contributed by atoms with van der Waals surface area (Å²) < 4.78 is 4.75. The number of hydrogen-bond donors (Lipinski definition) is 1. The van der Waals surface area contributed by atoms with Gasteiger partial charge in [0.1, 0.15) is 6.04 Å². The van der Waals surface area contributed by atoms with Crippen LogP contribution < -0.4 is 0 Å². The lowest BCUT2D eigenvalue weighted by Gasteiger charge is -2.24. The largest absolute Gasteiger partial charge is 0.480 e. The summed E-state index contributed by atoms with van der Waals surface area (Å²) in [6.07, 6.45) is 0.678. The monoisotopic (exact) mass is 271 g/mol. The summed E-state index contributed by atoms with van der Waals surface area (Å²) in [5.41, 5.74) is 0. The highest BCUT2D eigenvalue weighted by atomic mass is 32.2. The van der Waals surface area contributed by atoms with Crippen molar-refractivity contribution in [1.82, 2.24) is 15.0 Å². The maximum Gasteiger partial charge on any atom is 0.327 e. The SMILES string of the molecule is CCC1SCC(C(=O)O)N1C(=O)c1noc(C)n1. The molecule has 0 aromatic carbocycles. The molecule has 2 heterocycles. The van der Waals surface area contributed by atoms with Crippen LogP contribution in [0.5, 0.6) is 0 Å². The predicted octanol–water partition coefficient (Wildman–Crippen LogP) is 0.756.